The van der Waals surface area contributed by atoms with Crippen molar-refractivity contribution in [1.29, 1.82) is 0 Å². The SMILES string of the molecule is COc1cc([C@H]2C3=CC[C@@H]4C(=O)N(C)C(=O)[C@@H]4[C@@H]3C[C@@]3(Cl)C(=O)N(c4ccc(F)cc4)C(=O)[C@@]23Cl)c(Br)c(Br)c1O. The van der Waals surface area contributed by atoms with Crippen molar-refractivity contribution in [2.24, 2.45) is 17.8 Å². The molecule has 2 aromatic rings. The van der Waals surface area contributed by atoms with Gasteiger partial charge in [0.15, 0.2) is 21.2 Å². The Kier molecular flexibility index (Phi) is 6.65. The molecule has 2 aliphatic heterocycles. The van der Waals surface area contributed by atoms with Gasteiger partial charge in [0.25, 0.3) is 11.8 Å². The third-order valence-corrected chi connectivity index (χ3v) is 12.4. The fourth-order valence-electron chi connectivity index (χ4n) is 6.88. The number of phenols is 1. The molecule has 6 rings (SSSR count). The van der Waals surface area contributed by atoms with Crippen LogP contribution in [0.5, 0.6) is 11.5 Å². The van der Waals surface area contributed by atoms with Crippen molar-refractivity contribution in [2.45, 2.75) is 28.5 Å². The summed E-state index contributed by atoms with van der Waals surface area (Å²) >= 11 is 21.5. The van der Waals surface area contributed by atoms with Gasteiger partial charge in [0.2, 0.25) is 11.8 Å². The fourth-order valence-corrected chi connectivity index (χ4v) is 8.76. The number of aromatic hydroxyl groups is 1. The molecule has 0 bridgehead atoms. The number of ether oxygens (including phenoxy) is 1. The van der Waals surface area contributed by atoms with Gasteiger partial charge in [-0.25, -0.2) is 9.29 Å². The molecule has 2 aliphatic carbocycles. The average Bonchev–Trinajstić information content (AvgIpc) is 3.26. The average molecular weight is 731 g/mol. The summed E-state index contributed by atoms with van der Waals surface area (Å²) in [7, 11) is 2.78. The molecule has 0 aromatic heterocycles. The van der Waals surface area contributed by atoms with E-state index in [0.717, 1.165) is 21.9 Å². The molecular formula is C28H21Br2Cl2FN2O6. The Hall–Kier alpha value is -2.47. The smallest absolute Gasteiger partial charge is 0.258 e. The van der Waals surface area contributed by atoms with Gasteiger partial charge < -0.3 is 9.84 Å². The predicted octanol–water partition coefficient (Wildman–Crippen LogP) is 5.26. The van der Waals surface area contributed by atoms with E-state index >= 15 is 0 Å². The number of imide groups is 2. The van der Waals surface area contributed by atoms with Crippen molar-refractivity contribution >= 4 is 84.4 Å². The predicted molar refractivity (Wildman–Crippen MR) is 154 cm³/mol. The fraction of sp³-hybridized carbons (Fsp3) is 0.357. The first-order chi connectivity index (χ1) is 19.3. The van der Waals surface area contributed by atoms with Crippen LogP contribution in [0.25, 0.3) is 0 Å². The normalized spacial score (nSPS) is 32.6. The molecular weight excluding hydrogens is 710 g/mol. The summed E-state index contributed by atoms with van der Waals surface area (Å²) in [6.07, 6.45) is 1.84. The van der Waals surface area contributed by atoms with Crippen molar-refractivity contribution < 1.29 is 33.4 Å². The number of allylic oxidation sites excluding steroid dienone is 2. The van der Waals surface area contributed by atoms with Crippen LogP contribution in [0.4, 0.5) is 10.1 Å². The van der Waals surface area contributed by atoms with E-state index in [2.05, 4.69) is 31.9 Å². The number of rotatable bonds is 3. The molecule has 2 heterocycles. The van der Waals surface area contributed by atoms with Crippen molar-refractivity contribution in [2.75, 3.05) is 19.1 Å². The maximum atomic E-state index is 14.4. The Bertz CT molecular complexity index is 1600. The van der Waals surface area contributed by atoms with Crippen molar-refractivity contribution in [3.8, 4) is 11.5 Å². The molecule has 0 spiro atoms. The lowest BCUT2D eigenvalue weighted by Crippen LogP contribution is -2.60. The number of alkyl halides is 2. The van der Waals surface area contributed by atoms with Crippen molar-refractivity contribution in [1.82, 2.24) is 4.90 Å². The van der Waals surface area contributed by atoms with E-state index in [4.69, 9.17) is 27.9 Å². The highest BCUT2D eigenvalue weighted by Crippen LogP contribution is 2.67. The Balaban J connectivity index is 1.63. The Morgan fingerprint density at radius 1 is 1.02 bits per heavy atom. The Morgan fingerprint density at radius 2 is 1.68 bits per heavy atom. The lowest BCUT2D eigenvalue weighted by molar-refractivity contribution is -0.138. The van der Waals surface area contributed by atoms with E-state index in [1.54, 1.807) is 6.08 Å². The second-order valence-corrected chi connectivity index (χ2v) is 13.5. The first-order valence-electron chi connectivity index (χ1n) is 12.6. The zero-order chi connectivity index (χ0) is 29.8. The van der Waals surface area contributed by atoms with Gasteiger partial charge >= 0.3 is 0 Å². The summed E-state index contributed by atoms with van der Waals surface area (Å²) in [6.45, 7) is 0. The van der Waals surface area contributed by atoms with E-state index < -0.39 is 57.0 Å². The maximum Gasteiger partial charge on any atom is 0.258 e. The number of hydrogen-bond donors (Lipinski definition) is 1. The number of halogens is 5. The van der Waals surface area contributed by atoms with E-state index in [0.29, 0.717) is 15.6 Å². The summed E-state index contributed by atoms with van der Waals surface area (Å²) in [5.74, 6) is -6.34. The minimum atomic E-state index is -2.11. The number of likely N-dealkylation sites (tertiary alicyclic amines) is 1. The number of benzene rings is 2. The molecule has 8 nitrogen and oxygen atoms in total. The standard InChI is InChI=1S/C28H21Br2Cl2FN2O6/c1-34-23(37)14-8-7-13-16(18(14)24(34)38)10-27(31)25(39)35(12-5-3-11(33)4-6-12)26(40)28(27,32)19(13)15-9-17(41-2)22(36)21(30)20(15)29/h3-7,9,14,16,18-19,36H,8,10H2,1-2H3/t14-,16+,18-,19+,27+,28-/m0/s1. The number of hydrogen-bond acceptors (Lipinski definition) is 6. The zero-order valence-corrected chi connectivity index (χ0v) is 26.1. The summed E-state index contributed by atoms with van der Waals surface area (Å²) < 4.78 is 19.7. The van der Waals surface area contributed by atoms with Crippen LogP contribution in [0, 0.1) is 23.6 Å². The monoisotopic (exact) mass is 728 g/mol. The van der Waals surface area contributed by atoms with Gasteiger partial charge in [0.1, 0.15) is 5.82 Å². The second-order valence-electron chi connectivity index (χ2n) is 10.6. The number of fused-ring (bicyclic) bond motifs is 4. The number of phenolic OH excluding ortho intramolecular Hbond substituents is 1. The molecule has 1 saturated carbocycles. The molecule has 13 heteroatoms. The highest BCUT2D eigenvalue weighted by Gasteiger charge is 2.76. The number of anilines is 1. The number of methoxy groups -OCH3 is 1. The third-order valence-electron chi connectivity index (χ3n) is 8.82. The molecule has 6 atom stereocenters. The summed E-state index contributed by atoms with van der Waals surface area (Å²) in [4.78, 5) is 52.6. The number of carbonyl (C=O) groups is 4. The van der Waals surface area contributed by atoms with Crippen LogP contribution < -0.4 is 9.64 Å². The van der Waals surface area contributed by atoms with Gasteiger partial charge in [-0.2, -0.15) is 0 Å². The molecule has 41 heavy (non-hydrogen) atoms. The minimum Gasteiger partial charge on any atom is -0.503 e. The van der Waals surface area contributed by atoms with E-state index in [1.165, 1.54) is 32.4 Å². The summed E-state index contributed by atoms with van der Waals surface area (Å²) in [5, 5.41) is 10.6. The summed E-state index contributed by atoms with van der Waals surface area (Å²) in [5.41, 5.74) is 1.03. The van der Waals surface area contributed by atoms with Gasteiger partial charge in [-0.05, 0) is 86.5 Å². The highest BCUT2D eigenvalue weighted by atomic mass is 79.9. The highest BCUT2D eigenvalue weighted by molar-refractivity contribution is 9.13. The quantitative estimate of drug-likeness (QED) is 0.263. The third kappa shape index (κ3) is 3.61. The lowest BCUT2D eigenvalue weighted by Gasteiger charge is -2.51. The molecule has 4 amide bonds. The van der Waals surface area contributed by atoms with Crippen LogP contribution in [0.1, 0.15) is 24.3 Å². The minimum absolute atomic E-state index is 0.0611. The first kappa shape index (κ1) is 28.6. The molecule has 3 fully saturated rings. The molecule has 2 aromatic carbocycles. The largest absolute Gasteiger partial charge is 0.503 e. The topological polar surface area (TPSA) is 104 Å². The zero-order valence-electron chi connectivity index (χ0n) is 21.5. The van der Waals surface area contributed by atoms with Crippen molar-refractivity contribution in [3.63, 3.8) is 0 Å². The molecule has 0 radical (unpaired) electrons. The van der Waals surface area contributed by atoms with Crippen LogP contribution in [-0.2, 0) is 19.2 Å². The molecule has 0 unspecified atom stereocenters. The first-order valence-corrected chi connectivity index (χ1v) is 14.9. The van der Waals surface area contributed by atoms with Gasteiger partial charge in [-0.1, -0.05) is 11.6 Å². The van der Waals surface area contributed by atoms with Crippen molar-refractivity contribution in [3.05, 3.63) is 62.3 Å². The van der Waals surface area contributed by atoms with E-state index in [1.807, 2.05) is 0 Å². The maximum absolute atomic E-state index is 14.4. The lowest BCUT2D eigenvalue weighted by atomic mass is 9.56. The van der Waals surface area contributed by atoms with Crippen LogP contribution in [-0.4, -0.2) is 57.5 Å². The summed E-state index contributed by atoms with van der Waals surface area (Å²) in [6, 6.07) is 6.29. The molecule has 214 valence electrons. The molecule has 2 saturated heterocycles. The number of carbonyl (C=O) groups excluding carboxylic acids is 4. The van der Waals surface area contributed by atoms with Gasteiger partial charge in [-0.15, -0.1) is 23.2 Å². The van der Waals surface area contributed by atoms with Crippen LogP contribution in [0.15, 0.2) is 50.9 Å². The second kappa shape index (κ2) is 9.52. The Morgan fingerprint density at radius 3 is 2.32 bits per heavy atom. The van der Waals surface area contributed by atoms with Gasteiger partial charge in [-0.3, -0.25) is 24.1 Å². The van der Waals surface area contributed by atoms with E-state index in [9.17, 15) is 28.7 Å². The van der Waals surface area contributed by atoms with E-state index in [-0.39, 0.29) is 40.4 Å². The number of amides is 4. The number of nitrogens with zero attached hydrogens (tertiary/aromatic N) is 2. The van der Waals surface area contributed by atoms with Gasteiger partial charge in [0, 0.05) is 17.4 Å². The molecule has 1 N–H and O–H groups in total. The van der Waals surface area contributed by atoms with Gasteiger partial charge in [0.05, 0.1) is 29.1 Å². The van der Waals surface area contributed by atoms with Crippen LogP contribution in [0.2, 0.25) is 0 Å². The van der Waals surface area contributed by atoms with Crippen LogP contribution in [0.3, 0.4) is 0 Å². The molecule has 4 aliphatic rings. The Labute approximate surface area is 260 Å². The van der Waals surface area contributed by atoms with Crippen LogP contribution >= 0.6 is 55.1 Å².